The average Bonchev–Trinajstić information content (AvgIpc) is 3.24. The maximum absolute atomic E-state index is 14.2. The van der Waals surface area contributed by atoms with Gasteiger partial charge in [-0.15, -0.1) is 0 Å². The van der Waals surface area contributed by atoms with E-state index in [1.54, 1.807) is 6.07 Å². The Morgan fingerprint density at radius 2 is 1.97 bits per heavy atom. The number of nitrogens with zero attached hydrogens (tertiary/aromatic N) is 5. The zero-order valence-corrected chi connectivity index (χ0v) is 16.5. The van der Waals surface area contributed by atoms with Crippen molar-refractivity contribution in [3.63, 3.8) is 0 Å². The van der Waals surface area contributed by atoms with Crippen LogP contribution in [0.25, 0.3) is 5.69 Å². The Bertz CT molecular complexity index is 1040. The molecule has 0 unspecified atom stereocenters. The number of nitrogens with two attached hydrogens (primary N) is 1. The van der Waals surface area contributed by atoms with E-state index in [9.17, 15) is 9.18 Å². The first kappa shape index (κ1) is 19.9. The van der Waals surface area contributed by atoms with Gasteiger partial charge >= 0.3 is 0 Å². The van der Waals surface area contributed by atoms with Gasteiger partial charge in [0.2, 0.25) is 5.95 Å². The van der Waals surface area contributed by atoms with Gasteiger partial charge in [0, 0.05) is 30.0 Å². The largest absolute Gasteiger partial charge is 0.350 e. The third kappa shape index (κ3) is 4.43. The molecule has 0 saturated heterocycles. The third-order valence-electron chi connectivity index (χ3n) is 5.10. The molecule has 2 atom stereocenters. The number of hydrogen-bond donors (Lipinski definition) is 3. The number of ketones is 1. The first-order valence-electron chi connectivity index (χ1n) is 9.84. The smallest absolute Gasteiger partial charge is 0.224 e. The maximum Gasteiger partial charge on any atom is 0.224 e. The van der Waals surface area contributed by atoms with Crippen molar-refractivity contribution < 1.29 is 9.18 Å². The summed E-state index contributed by atoms with van der Waals surface area (Å²) < 4.78 is 14.2. The normalized spacial score (nSPS) is 18.8. The fourth-order valence-electron chi connectivity index (χ4n) is 3.56. The van der Waals surface area contributed by atoms with Crippen molar-refractivity contribution in [2.24, 2.45) is 5.73 Å². The highest BCUT2D eigenvalue weighted by Gasteiger charge is 2.23. The zero-order chi connectivity index (χ0) is 21.1. The van der Waals surface area contributed by atoms with Crippen LogP contribution < -0.4 is 16.4 Å². The molecule has 156 valence electrons. The predicted molar refractivity (Wildman–Crippen MR) is 110 cm³/mol. The van der Waals surface area contributed by atoms with Gasteiger partial charge in [0.15, 0.2) is 5.78 Å². The molecule has 30 heavy (non-hydrogen) atoms. The second-order valence-corrected chi connectivity index (χ2v) is 7.35. The fourth-order valence-corrected chi connectivity index (χ4v) is 3.56. The van der Waals surface area contributed by atoms with Gasteiger partial charge in [-0.3, -0.25) is 4.79 Å². The quantitative estimate of drug-likeness (QED) is 0.530. The number of aromatic nitrogens is 5. The predicted octanol–water partition coefficient (Wildman–Crippen LogP) is 2.82. The van der Waals surface area contributed by atoms with E-state index in [-0.39, 0.29) is 23.7 Å². The topological polar surface area (TPSA) is 124 Å². The summed E-state index contributed by atoms with van der Waals surface area (Å²) in [5, 5.41) is 14.3. The fraction of sp³-hybridized carbons (Fsp3) is 0.350. The van der Waals surface area contributed by atoms with Crippen LogP contribution in [0.3, 0.4) is 0 Å². The summed E-state index contributed by atoms with van der Waals surface area (Å²) in [5.74, 6) is -0.0226. The molecule has 2 heterocycles. The molecule has 0 radical (unpaired) electrons. The van der Waals surface area contributed by atoms with E-state index in [2.05, 4.69) is 30.8 Å². The number of carbonyl (C=O) groups is 1. The summed E-state index contributed by atoms with van der Waals surface area (Å²) in [7, 11) is 0. The molecule has 1 aliphatic carbocycles. The van der Waals surface area contributed by atoms with E-state index in [4.69, 9.17) is 5.73 Å². The minimum Gasteiger partial charge on any atom is -0.350 e. The SMILES string of the molecule is CC(=O)c1cnc(N[C@@H]2CCCC[C@@H]2N)nc1Nc1cc(F)cc(-n2nccn2)c1. The van der Waals surface area contributed by atoms with Gasteiger partial charge in [-0.05, 0) is 31.9 Å². The standard InChI is InChI=1S/C20H23FN8O/c1-12(30)16-11-23-20(27-18-5-3-2-4-17(18)22)28-19(16)26-14-8-13(21)9-15(10-14)29-24-6-7-25-29/h6-11,17-18H,2-5,22H2,1H3,(H2,23,26,27,28)/t17-,18+/m0/s1. The van der Waals surface area contributed by atoms with Crippen molar-refractivity contribution in [3.05, 3.63) is 48.2 Å². The van der Waals surface area contributed by atoms with Crippen LogP contribution in [0.5, 0.6) is 0 Å². The molecular weight excluding hydrogens is 387 g/mol. The first-order chi connectivity index (χ1) is 14.5. The number of Topliss-reactive ketones (excluding diaryl/α,β-unsaturated/α-hetero) is 1. The van der Waals surface area contributed by atoms with Gasteiger partial charge < -0.3 is 16.4 Å². The Balaban J connectivity index is 1.63. The Morgan fingerprint density at radius 1 is 1.20 bits per heavy atom. The number of benzene rings is 1. The van der Waals surface area contributed by atoms with Crippen LogP contribution in [0.1, 0.15) is 43.0 Å². The lowest BCUT2D eigenvalue weighted by molar-refractivity contribution is 0.101. The van der Waals surface area contributed by atoms with Gasteiger partial charge in [-0.1, -0.05) is 12.8 Å². The first-order valence-corrected chi connectivity index (χ1v) is 9.84. The third-order valence-corrected chi connectivity index (χ3v) is 5.10. The molecule has 4 rings (SSSR count). The summed E-state index contributed by atoms with van der Waals surface area (Å²) in [6.45, 7) is 1.43. The molecule has 1 aromatic carbocycles. The molecule has 9 nitrogen and oxygen atoms in total. The van der Waals surface area contributed by atoms with Crippen molar-refractivity contribution in [1.82, 2.24) is 25.0 Å². The highest BCUT2D eigenvalue weighted by molar-refractivity contribution is 5.99. The van der Waals surface area contributed by atoms with Crippen molar-refractivity contribution in [3.8, 4) is 5.69 Å². The van der Waals surface area contributed by atoms with Crippen LogP contribution >= 0.6 is 0 Å². The Morgan fingerprint density at radius 3 is 2.70 bits per heavy atom. The number of rotatable bonds is 6. The molecule has 2 aromatic heterocycles. The number of anilines is 3. The van der Waals surface area contributed by atoms with Gasteiger partial charge in [0.1, 0.15) is 11.6 Å². The molecule has 0 aliphatic heterocycles. The van der Waals surface area contributed by atoms with Crippen molar-refractivity contribution in [1.29, 1.82) is 0 Å². The Labute approximate surface area is 172 Å². The van der Waals surface area contributed by atoms with E-state index in [1.165, 1.54) is 42.4 Å². The van der Waals surface area contributed by atoms with E-state index in [0.29, 0.717) is 22.9 Å². The number of hydrogen-bond acceptors (Lipinski definition) is 8. The van der Waals surface area contributed by atoms with E-state index in [1.807, 2.05) is 0 Å². The van der Waals surface area contributed by atoms with Gasteiger partial charge in [-0.25, -0.2) is 9.37 Å². The van der Waals surface area contributed by atoms with Gasteiger partial charge in [0.25, 0.3) is 0 Å². The maximum atomic E-state index is 14.2. The van der Waals surface area contributed by atoms with Gasteiger partial charge in [-0.2, -0.15) is 20.0 Å². The number of nitrogens with one attached hydrogen (secondary N) is 2. The number of carbonyl (C=O) groups excluding carboxylic acids is 1. The molecule has 0 spiro atoms. The zero-order valence-electron chi connectivity index (χ0n) is 16.5. The molecule has 1 aliphatic rings. The minimum absolute atomic E-state index is 0.0265. The van der Waals surface area contributed by atoms with Crippen molar-refractivity contribution in [2.45, 2.75) is 44.7 Å². The average molecular weight is 410 g/mol. The van der Waals surface area contributed by atoms with Crippen molar-refractivity contribution in [2.75, 3.05) is 10.6 Å². The molecular formula is C20H23FN8O. The van der Waals surface area contributed by atoms with E-state index < -0.39 is 5.82 Å². The monoisotopic (exact) mass is 410 g/mol. The molecule has 1 fully saturated rings. The molecule has 0 amide bonds. The molecule has 4 N–H and O–H groups in total. The summed E-state index contributed by atoms with van der Waals surface area (Å²) in [6, 6.07) is 4.39. The molecule has 0 bridgehead atoms. The van der Waals surface area contributed by atoms with Crippen LogP contribution in [0.4, 0.5) is 21.8 Å². The molecule has 3 aromatic rings. The van der Waals surface area contributed by atoms with E-state index >= 15 is 0 Å². The van der Waals surface area contributed by atoms with Crippen LogP contribution in [0.15, 0.2) is 36.8 Å². The van der Waals surface area contributed by atoms with E-state index in [0.717, 1.165) is 25.7 Å². The summed E-state index contributed by atoms with van der Waals surface area (Å²) in [6.07, 6.45) is 8.56. The summed E-state index contributed by atoms with van der Waals surface area (Å²) >= 11 is 0. The highest BCUT2D eigenvalue weighted by atomic mass is 19.1. The van der Waals surface area contributed by atoms with Crippen LogP contribution in [0.2, 0.25) is 0 Å². The minimum atomic E-state index is -0.475. The van der Waals surface area contributed by atoms with Crippen molar-refractivity contribution >= 4 is 23.2 Å². The second kappa shape index (κ2) is 8.54. The molecule has 1 saturated carbocycles. The second-order valence-electron chi connectivity index (χ2n) is 7.35. The van der Waals surface area contributed by atoms with Crippen LogP contribution in [-0.2, 0) is 0 Å². The van der Waals surface area contributed by atoms with Crippen LogP contribution in [-0.4, -0.2) is 42.8 Å². The molecule has 10 heteroatoms. The van der Waals surface area contributed by atoms with Gasteiger partial charge in [0.05, 0.1) is 23.6 Å². The number of halogens is 1. The lowest BCUT2D eigenvalue weighted by Gasteiger charge is -2.29. The Kier molecular flexibility index (Phi) is 5.66. The Hall–Kier alpha value is -3.40. The van der Waals surface area contributed by atoms with Crippen LogP contribution in [0, 0.1) is 5.82 Å². The lowest BCUT2D eigenvalue weighted by Crippen LogP contribution is -2.43. The summed E-state index contributed by atoms with van der Waals surface area (Å²) in [5.41, 5.74) is 7.35. The lowest BCUT2D eigenvalue weighted by atomic mass is 9.91. The highest BCUT2D eigenvalue weighted by Crippen LogP contribution is 2.25. The summed E-state index contributed by atoms with van der Waals surface area (Å²) in [4.78, 5) is 22.1.